The summed E-state index contributed by atoms with van der Waals surface area (Å²) in [5, 5.41) is 3.12. The Bertz CT molecular complexity index is 1610. The average molecular weight is 620 g/mol. The van der Waals surface area contributed by atoms with Gasteiger partial charge in [0.25, 0.3) is 6.01 Å². The first-order valence-corrected chi connectivity index (χ1v) is 12.9. The Hall–Kier alpha value is -4.88. The SMILES string of the molecule is COc1cc(Nc2ncc(-c3cnccc3CN(C)C(=O)CN)o2)ccc1-c1cnco1.O=Cc1ccncc1Br. The fraction of sp³-hybridized carbons (Fsp3) is 0.143. The van der Waals surface area contributed by atoms with Gasteiger partial charge in [0.15, 0.2) is 24.2 Å². The van der Waals surface area contributed by atoms with E-state index in [0.29, 0.717) is 35.4 Å². The number of anilines is 2. The van der Waals surface area contributed by atoms with Crippen LogP contribution in [0.25, 0.3) is 22.6 Å². The third-order valence-corrected chi connectivity index (χ3v) is 6.43. The first-order chi connectivity index (χ1) is 19.9. The number of hydrogen-bond donors (Lipinski definition) is 2. The predicted octanol–water partition coefficient (Wildman–Crippen LogP) is 4.72. The predicted molar refractivity (Wildman–Crippen MR) is 154 cm³/mol. The highest BCUT2D eigenvalue weighted by Gasteiger charge is 2.16. The summed E-state index contributed by atoms with van der Waals surface area (Å²) in [5.74, 6) is 1.58. The summed E-state index contributed by atoms with van der Waals surface area (Å²) in [6.45, 7) is 0.323. The number of amides is 1. The molecular formula is C28H26BrN7O5. The molecule has 5 rings (SSSR count). The van der Waals surface area contributed by atoms with Gasteiger partial charge in [0.2, 0.25) is 5.91 Å². The minimum Gasteiger partial charge on any atom is -0.496 e. The summed E-state index contributed by atoms with van der Waals surface area (Å²) in [6, 6.07) is 9.30. The zero-order chi connectivity index (χ0) is 29.2. The molecule has 1 amide bonds. The second-order valence-corrected chi connectivity index (χ2v) is 9.29. The number of aldehydes is 1. The van der Waals surface area contributed by atoms with E-state index >= 15 is 0 Å². The lowest BCUT2D eigenvalue weighted by atomic mass is 10.1. The Kier molecular flexibility index (Phi) is 9.91. The molecule has 210 valence electrons. The molecule has 5 aromatic rings. The third-order valence-electron chi connectivity index (χ3n) is 5.77. The maximum atomic E-state index is 11.8. The summed E-state index contributed by atoms with van der Waals surface area (Å²) >= 11 is 3.16. The molecule has 0 atom stereocenters. The van der Waals surface area contributed by atoms with Gasteiger partial charge in [0.1, 0.15) is 5.75 Å². The summed E-state index contributed by atoms with van der Waals surface area (Å²) < 4.78 is 17.5. The van der Waals surface area contributed by atoms with Gasteiger partial charge in [-0.1, -0.05) is 0 Å². The highest BCUT2D eigenvalue weighted by molar-refractivity contribution is 9.10. The molecule has 0 radical (unpaired) electrons. The van der Waals surface area contributed by atoms with E-state index in [9.17, 15) is 9.59 Å². The molecule has 13 heteroatoms. The minimum absolute atomic E-state index is 0.0496. The van der Waals surface area contributed by atoms with Crippen molar-refractivity contribution in [2.75, 3.05) is 26.0 Å². The first kappa shape index (κ1) is 29.1. The number of nitrogens with one attached hydrogen (secondary N) is 1. The Morgan fingerprint density at radius 3 is 2.56 bits per heavy atom. The lowest BCUT2D eigenvalue weighted by molar-refractivity contribution is -0.128. The number of hydrogen-bond acceptors (Lipinski definition) is 11. The number of carbonyl (C=O) groups is 2. The molecule has 4 aromatic heterocycles. The van der Waals surface area contributed by atoms with Crippen molar-refractivity contribution in [1.29, 1.82) is 0 Å². The monoisotopic (exact) mass is 619 g/mol. The Morgan fingerprint density at radius 1 is 1.07 bits per heavy atom. The fourth-order valence-corrected chi connectivity index (χ4v) is 4.01. The van der Waals surface area contributed by atoms with E-state index in [-0.39, 0.29) is 12.5 Å². The third kappa shape index (κ3) is 7.41. The normalized spacial score (nSPS) is 10.3. The van der Waals surface area contributed by atoms with Crippen LogP contribution >= 0.6 is 15.9 Å². The van der Waals surface area contributed by atoms with Crippen LogP contribution in [0.2, 0.25) is 0 Å². The number of carbonyl (C=O) groups excluding carboxylic acids is 2. The van der Waals surface area contributed by atoms with E-state index in [2.05, 4.69) is 41.2 Å². The van der Waals surface area contributed by atoms with Gasteiger partial charge >= 0.3 is 0 Å². The second kappa shape index (κ2) is 14.0. The van der Waals surface area contributed by atoms with E-state index < -0.39 is 0 Å². The summed E-state index contributed by atoms with van der Waals surface area (Å²) in [7, 11) is 3.28. The van der Waals surface area contributed by atoms with E-state index in [4.69, 9.17) is 19.3 Å². The molecule has 3 N–H and O–H groups in total. The van der Waals surface area contributed by atoms with Gasteiger partial charge in [0.05, 0.1) is 31.6 Å². The van der Waals surface area contributed by atoms with Gasteiger partial charge in [-0.15, -0.1) is 0 Å². The first-order valence-electron chi connectivity index (χ1n) is 12.1. The van der Waals surface area contributed by atoms with Gasteiger partial charge < -0.3 is 29.5 Å². The van der Waals surface area contributed by atoms with Gasteiger partial charge in [-0.05, 0) is 45.8 Å². The van der Waals surface area contributed by atoms with Crippen molar-refractivity contribution in [2.24, 2.45) is 5.73 Å². The highest BCUT2D eigenvalue weighted by atomic mass is 79.9. The molecule has 0 aliphatic heterocycles. The lowest BCUT2D eigenvalue weighted by Crippen LogP contribution is -2.32. The van der Waals surface area contributed by atoms with Gasteiger partial charge in [0, 0.05) is 65.7 Å². The van der Waals surface area contributed by atoms with Crippen molar-refractivity contribution in [3.05, 3.63) is 89.5 Å². The van der Waals surface area contributed by atoms with E-state index in [1.165, 1.54) is 6.39 Å². The smallest absolute Gasteiger partial charge is 0.299 e. The number of oxazole rings is 2. The number of methoxy groups -OCH3 is 1. The summed E-state index contributed by atoms with van der Waals surface area (Å²) in [6.07, 6.45) is 11.9. The van der Waals surface area contributed by atoms with E-state index in [0.717, 1.165) is 33.1 Å². The standard InChI is InChI=1S/C22H22N6O4.C6H4BrNO/c1-28(21(29)8-23)12-14-5-6-24-9-17(14)20-11-26-22(32-20)27-15-3-4-16(18(7-15)30-2)19-10-25-13-31-19;7-6-3-8-2-1-5(6)4-9/h3-7,9-11,13H,8,12,23H2,1-2H3,(H,26,27);1-4H. The summed E-state index contributed by atoms with van der Waals surface area (Å²) in [5.41, 5.74) is 9.18. The quantitative estimate of drug-likeness (QED) is 0.219. The van der Waals surface area contributed by atoms with Crippen LogP contribution in [-0.2, 0) is 11.3 Å². The number of nitrogens with two attached hydrogens (primary N) is 1. The van der Waals surface area contributed by atoms with Crippen LogP contribution in [0.1, 0.15) is 15.9 Å². The highest BCUT2D eigenvalue weighted by Crippen LogP contribution is 2.34. The zero-order valence-electron chi connectivity index (χ0n) is 22.2. The molecule has 4 heterocycles. The van der Waals surface area contributed by atoms with Crippen LogP contribution in [-0.4, -0.2) is 57.7 Å². The molecule has 0 saturated carbocycles. The fourth-order valence-electron chi connectivity index (χ4n) is 3.67. The van der Waals surface area contributed by atoms with Crippen molar-refractivity contribution in [1.82, 2.24) is 24.8 Å². The molecule has 0 saturated heterocycles. The molecule has 12 nitrogen and oxygen atoms in total. The average Bonchev–Trinajstić information content (AvgIpc) is 3.70. The van der Waals surface area contributed by atoms with E-state index in [1.54, 1.807) is 62.3 Å². The number of likely N-dealkylation sites (N-methyl/N-ethyl adjacent to an activating group) is 1. The number of benzene rings is 1. The molecule has 41 heavy (non-hydrogen) atoms. The molecule has 1 aromatic carbocycles. The van der Waals surface area contributed by atoms with Crippen molar-refractivity contribution >= 4 is 39.8 Å². The van der Waals surface area contributed by atoms with Crippen LogP contribution in [0.4, 0.5) is 11.7 Å². The number of rotatable bonds is 9. The minimum atomic E-state index is -0.157. The van der Waals surface area contributed by atoms with Crippen LogP contribution in [0.15, 0.2) is 87.2 Å². The Labute approximate surface area is 243 Å². The van der Waals surface area contributed by atoms with Crippen molar-refractivity contribution in [3.8, 4) is 28.4 Å². The molecule has 0 spiro atoms. The zero-order valence-corrected chi connectivity index (χ0v) is 23.7. The van der Waals surface area contributed by atoms with Crippen molar-refractivity contribution in [3.63, 3.8) is 0 Å². The Balaban J connectivity index is 0.000000367. The number of aromatic nitrogens is 4. The van der Waals surface area contributed by atoms with Crippen molar-refractivity contribution < 1.29 is 23.2 Å². The van der Waals surface area contributed by atoms with Crippen molar-refractivity contribution in [2.45, 2.75) is 6.54 Å². The molecule has 0 aliphatic carbocycles. The van der Waals surface area contributed by atoms with E-state index in [1.807, 2.05) is 24.3 Å². The second-order valence-electron chi connectivity index (χ2n) is 8.44. The number of halogens is 1. The van der Waals surface area contributed by atoms with Gasteiger partial charge in [-0.3, -0.25) is 19.6 Å². The lowest BCUT2D eigenvalue weighted by Gasteiger charge is -2.17. The number of pyridine rings is 2. The Morgan fingerprint density at radius 2 is 1.88 bits per heavy atom. The van der Waals surface area contributed by atoms with Crippen LogP contribution < -0.4 is 15.8 Å². The maximum absolute atomic E-state index is 11.8. The largest absolute Gasteiger partial charge is 0.496 e. The van der Waals surface area contributed by atoms with Crippen LogP contribution in [0, 0.1) is 0 Å². The topological polar surface area (TPSA) is 162 Å². The molecular weight excluding hydrogens is 594 g/mol. The molecule has 0 unspecified atom stereocenters. The molecule has 0 aliphatic rings. The van der Waals surface area contributed by atoms with Crippen LogP contribution in [0.3, 0.4) is 0 Å². The maximum Gasteiger partial charge on any atom is 0.299 e. The van der Waals surface area contributed by atoms with Crippen LogP contribution in [0.5, 0.6) is 5.75 Å². The molecule has 0 bridgehead atoms. The van der Waals surface area contributed by atoms with Gasteiger partial charge in [-0.25, -0.2) is 9.97 Å². The summed E-state index contributed by atoms with van der Waals surface area (Å²) in [4.78, 5) is 39.8. The molecule has 0 fully saturated rings. The number of ether oxygens (including phenoxy) is 1. The number of nitrogens with zero attached hydrogens (tertiary/aromatic N) is 5. The van der Waals surface area contributed by atoms with Gasteiger partial charge in [-0.2, -0.15) is 0 Å².